The maximum absolute atomic E-state index is 12.9. The molecule has 1 aromatic carbocycles. The molecule has 0 nitrogen and oxygen atoms in total. The molecular formula is C9H9F2I. The van der Waals surface area contributed by atoms with E-state index in [9.17, 15) is 8.78 Å². The third kappa shape index (κ3) is 2.15. The molecule has 0 radical (unpaired) electrons. The van der Waals surface area contributed by atoms with Gasteiger partial charge in [0.25, 0.3) is 0 Å². The Morgan fingerprint density at radius 1 is 1.25 bits per heavy atom. The summed E-state index contributed by atoms with van der Waals surface area (Å²) in [5.41, 5.74) is 1.62. The first-order valence-electron chi connectivity index (χ1n) is 3.55. The maximum atomic E-state index is 12.9. The molecular weight excluding hydrogens is 273 g/mol. The predicted octanol–water partition coefficient (Wildman–Crippen LogP) is 3.79. The van der Waals surface area contributed by atoms with Gasteiger partial charge >= 0.3 is 3.93 Å². The van der Waals surface area contributed by atoms with Crippen molar-refractivity contribution in [3.63, 3.8) is 0 Å². The van der Waals surface area contributed by atoms with Gasteiger partial charge in [0.05, 0.1) is 0 Å². The lowest BCUT2D eigenvalue weighted by Crippen LogP contribution is -2.05. The van der Waals surface area contributed by atoms with Crippen LogP contribution in [0.25, 0.3) is 0 Å². The van der Waals surface area contributed by atoms with Gasteiger partial charge in [0.15, 0.2) is 0 Å². The van der Waals surface area contributed by atoms with Crippen LogP contribution in [-0.4, -0.2) is 0 Å². The first-order chi connectivity index (χ1) is 5.41. The zero-order valence-electron chi connectivity index (χ0n) is 6.87. The first kappa shape index (κ1) is 9.89. The van der Waals surface area contributed by atoms with Gasteiger partial charge < -0.3 is 0 Å². The summed E-state index contributed by atoms with van der Waals surface area (Å²) in [4.78, 5) is 0. The van der Waals surface area contributed by atoms with E-state index in [0.717, 1.165) is 28.2 Å². The van der Waals surface area contributed by atoms with Gasteiger partial charge in [-0.2, -0.15) is 8.78 Å². The second-order valence-corrected chi connectivity index (χ2v) is 4.17. The van der Waals surface area contributed by atoms with E-state index in [-0.39, 0.29) is 5.56 Å². The Balaban J connectivity index is 3.23. The summed E-state index contributed by atoms with van der Waals surface area (Å²) < 4.78 is 23.0. The fraction of sp³-hybridized carbons (Fsp3) is 0.333. The molecule has 12 heavy (non-hydrogen) atoms. The lowest BCUT2D eigenvalue weighted by atomic mass is 10.1. The van der Waals surface area contributed by atoms with Gasteiger partial charge in [-0.1, -0.05) is 17.7 Å². The van der Waals surface area contributed by atoms with Gasteiger partial charge in [-0.05, 0) is 25.5 Å². The van der Waals surface area contributed by atoms with Crippen molar-refractivity contribution in [2.24, 2.45) is 0 Å². The van der Waals surface area contributed by atoms with Crippen molar-refractivity contribution in [1.29, 1.82) is 0 Å². The molecule has 0 fully saturated rings. The first-order valence-corrected chi connectivity index (χ1v) is 4.63. The van der Waals surface area contributed by atoms with Gasteiger partial charge in [0.1, 0.15) is 0 Å². The Bertz CT molecular complexity index is 289. The molecule has 0 heterocycles. The Labute approximate surface area is 84.1 Å². The van der Waals surface area contributed by atoms with Gasteiger partial charge in [-0.3, -0.25) is 0 Å². The summed E-state index contributed by atoms with van der Waals surface area (Å²) in [5, 5.41) is 0. The third-order valence-corrected chi connectivity index (χ3v) is 2.28. The zero-order valence-corrected chi connectivity index (χ0v) is 9.02. The Morgan fingerprint density at radius 2 is 1.83 bits per heavy atom. The van der Waals surface area contributed by atoms with E-state index < -0.39 is 3.93 Å². The minimum absolute atomic E-state index is 0.114. The monoisotopic (exact) mass is 282 g/mol. The molecule has 0 bridgehead atoms. The van der Waals surface area contributed by atoms with E-state index in [1.54, 1.807) is 13.0 Å². The summed E-state index contributed by atoms with van der Waals surface area (Å²) in [7, 11) is 0. The molecule has 0 amide bonds. The molecule has 0 unspecified atom stereocenters. The molecule has 0 aromatic heterocycles. The van der Waals surface area contributed by atoms with E-state index >= 15 is 0 Å². The molecule has 0 aliphatic heterocycles. The smallest absolute Gasteiger partial charge is 0.189 e. The summed E-state index contributed by atoms with van der Waals surface area (Å²) in [6.07, 6.45) is 0. The number of rotatable bonds is 1. The maximum Gasteiger partial charge on any atom is 0.321 e. The summed E-state index contributed by atoms with van der Waals surface area (Å²) in [6.45, 7) is 3.51. The average Bonchev–Trinajstić information content (AvgIpc) is 1.92. The lowest BCUT2D eigenvalue weighted by Gasteiger charge is -2.12. The number of hydrogen-bond donors (Lipinski definition) is 0. The van der Waals surface area contributed by atoms with Crippen LogP contribution >= 0.6 is 22.6 Å². The van der Waals surface area contributed by atoms with Gasteiger partial charge in [0, 0.05) is 28.2 Å². The summed E-state index contributed by atoms with van der Waals surface area (Å²) >= 11 is 1.15. The number of aryl methyl sites for hydroxylation is 2. The van der Waals surface area contributed by atoms with E-state index in [1.165, 1.54) is 6.07 Å². The van der Waals surface area contributed by atoms with Crippen LogP contribution in [0, 0.1) is 13.8 Å². The highest BCUT2D eigenvalue weighted by molar-refractivity contribution is 14.1. The topological polar surface area (TPSA) is 0 Å². The predicted molar refractivity (Wildman–Crippen MR) is 53.8 cm³/mol. The van der Waals surface area contributed by atoms with Crippen molar-refractivity contribution >= 4 is 22.6 Å². The highest BCUT2D eigenvalue weighted by Gasteiger charge is 2.28. The Kier molecular flexibility index (Phi) is 2.70. The molecule has 0 aliphatic rings. The van der Waals surface area contributed by atoms with Gasteiger partial charge in [0.2, 0.25) is 0 Å². The molecule has 1 rings (SSSR count). The van der Waals surface area contributed by atoms with Gasteiger partial charge in [-0.15, -0.1) is 0 Å². The molecule has 0 N–H and O–H groups in total. The fourth-order valence-corrected chi connectivity index (χ4v) is 1.62. The highest BCUT2D eigenvalue weighted by Crippen LogP contribution is 2.37. The number of alkyl halides is 3. The third-order valence-electron chi connectivity index (χ3n) is 1.70. The second kappa shape index (κ2) is 3.28. The van der Waals surface area contributed by atoms with Crippen molar-refractivity contribution < 1.29 is 8.78 Å². The molecule has 0 saturated heterocycles. The lowest BCUT2D eigenvalue weighted by molar-refractivity contribution is 0.127. The van der Waals surface area contributed by atoms with Crippen LogP contribution in [0.15, 0.2) is 18.2 Å². The molecule has 0 spiro atoms. The average molecular weight is 282 g/mol. The molecule has 1 aromatic rings. The van der Waals surface area contributed by atoms with Crippen LogP contribution in [0.1, 0.15) is 16.7 Å². The molecule has 0 aliphatic carbocycles. The van der Waals surface area contributed by atoms with Crippen molar-refractivity contribution in [3.05, 3.63) is 34.9 Å². The van der Waals surface area contributed by atoms with Crippen LogP contribution in [0.4, 0.5) is 8.78 Å². The summed E-state index contributed by atoms with van der Waals surface area (Å²) in [6, 6.07) is 5.08. The van der Waals surface area contributed by atoms with E-state index in [4.69, 9.17) is 0 Å². The number of halogens is 3. The van der Waals surface area contributed by atoms with Crippen molar-refractivity contribution in [1.82, 2.24) is 0 Å². The molecule has 66 valence electrons. The van der Waals surface area contributed by atoms with E-state index in [2.05, 4.69) is 0 Å². The van der Waals surface area contributed by atoms with Gasteiger partial charge in [-0.25, -0.2) is 0 Å². The quantitative estimate of drug-likeness (QED) is 0.543. The largest absolute Gasteiger partial charge is 0.321 e. The van der Waals surface area contributed by atoms with Crippen LogP contribution in [0.3, 0.4) is 0 Å². The number of hydrogen-bond acceptors (Lipinski definition) is 0. The standard InChI is InChI=1S/C9H9F2I/c1-6-3-4-7(2)8(5-6)9(10,11)12/h3-5H,1-2H3. The molecule has 0 atom stereocenters. The van der Waals surface area contributed by atoms with Crippen molar-refractivity contribution in [3.8, 4) is 0 Å². The van der Waals surface area contributed by atoms with Crippen LogP contribution in [-0.2, 0) is 3.93 Å². The minimum Gasteiger partial charge on any atom is -0.189 e. The van der Waals surface area contributed by atoms with E-state index in [0.29, 0.717) is 5.56 Å². The zero-order chi connectivity index (χ0) is 9.35. The number of benzene rings is 1. The van der Waals surface area contributed by atoms with Crippen LogP contribution in [0.2, 0.25) is 0 Å². The van der Waals surface area contributed by atoms with Crippen molar-refractivity contribution in [2.45, 2.75) is 17.8 Å². The second-order valence-electron chi connectivity index (χ2n) is 2.82. The van der Waals surface area contributed by atoms with E-state index in [1.807, 2.05) is 13.0 Å². The summed E-state index contributed by atoms with van der Waals surface area (Å²) in [5.74, 6) is 0. The SMILES string of the molecule is Cc1ccc(C)c(C(F)(F)I)c1. The van der Waals surface area contributed by atoms with Crippen LogP contribution < -0.4 is 0 Å². The fourth-order valence-electron chi connectivity index (χ4n) is 1.04. The highest BCUT2D eigenvalue weighted by atomic mass is 127. The molecule has 3 heteroatoms. The molecule has 0 saturated carbocycles. The Hall–Kier alpha value is -0.190. The minimum atomic E-state index is -2.76. The normalized spacial score (nSPS) is 11.8. The van der Waals surface area contributed by atoms with Crippen LogP contribution in [0.5, 0.6) is 0 Å². The van der Waals surface area contributed by atoms with Crippen molar-refractivity contribution in [2.75, 3.05) is 0 Å². The Morgan fingerprint density at radius 3 is 2.25 bits per heavy atom.